The summed E-state index contributed by atoms with van der Waals surface area (Å²) in [4.78, 5) is 40.8. The molecule has 38 heavy (non-hydrogen) atoms. The lowest BCUT2D eigenvalue weighted by Crippen LogP contribution is -2.41. The molecule has 1 N–H and O–H groups in total. The zero-order valence-corrected chi connectivity index (χ0v) is 22.3. The molecule has 0 bridgehead atoms. The number of pyridine rings is 1. The minimum Gasteiger partial charge on any atom is -0.460 e. The first-order chi connectivity index (χ1) is 18.1. The van der Waals surface area contributed by atoms with Crippen LogP contribution in [-0.2, 0) is 19.1 Å². The smallest absolute Gasteiger partial charge is 0.328 e. The number of rotatable bonds is 10. The molecule has 0 radical (unpaired) electrons. The fraction of sp³-hybridized carbons (Fsp3) is 0.259. The fourth-order valence-electron chi connectivity index (χ4n) is 3.65. The van der Waals surface area contributed by atoms with Crippen LogP contribution in [0.1, 0.15) is 48.3 Å². The van der Waals surface area contributed by atoms with Crippen molar-refractivity contribution in [3.63, 3.8) is 0 Å². The molecule has 0 spiro atoms. The van der Waals surface area contributed by atoms with Crippen LogP contribution >= 0.6 is 15.9 Å². The number of benzene rings is 2. The fourth-order valence-corrected chi connectivity index (χ4v) is 4.07. The second-order valence-corrected chi connectivity index (χ2v) is 9.14. The van der Waals surface area contributed by atoms with Gasteiger partial charge in [-0.05, 0) is 71.2 Å². The Labute approximate surface area is 226 Å². The van der Waals surface area contributed by atoms with Gasteiger partial charge in [0.25, 0.3) is 5.91 Å². The van der Waals surface area contributed by atoms with Gasteiger partial charge in [0, 0.05) is 19.0 Å². The quantitative estimate of drug-likeness (QED) is 0.264. The van der Waals surface area contributed by atoms with E-state index < -0.39 is 54.3 Å². The molecule has 0 aliphatic rings. The van der Waals surface area contributed by atoms with Gasteiger partial charge in [0.2, 0.25) is 6.79 Å². The Balaban J connectivity index is 1.74. The van der Waals surface area contributed by atoms with Crippen LogP contribution in [0.25, 0.3) is 0 Å². The Bertz CT molecular complexity index is 1240. The summed E-state index contributed by atoms with van der Waals surface area (Å²) in [6, 6.07) is 11.9. The molecule has 11 heteroatoms. The third-order valence-electron chi connectivity index (χ3n) is 5.47. The van der Waals surface area contributed by atoms with Crippen molar-refractivity contribution in [2.75, 3.05) is 6.79 Å². The first-order valence-electron chi connectivity index (χ1n) is 11.5. The van der Waals surface area contributed by atoms with Crippen molar-refractivity contribution in [2.24, 2.45) is 0 Å². The Morgan fingerprint density at radius 1 is 0.947 bits per heavy atom. The van der Waals surface area contributed by atoms with Crippen LogP contribution in [0.3, 0.4) is 0 Å². The van der Waals surface area contributed by atoms with E-state index in [4.69, 9.17) is 14.2 Å². The van der Waals surface area contributed by atoms with Gasteiger partial charge in [-0.2, -0.15) is 0 Å². The number of nitrogens with zero attached hydrogens (tertiary/aromatic N) is 1. The number of esters is 2. The van der Waals surface area contributed by atoms with Crippen molar-refractivity contribution in [2.45, 2.75) is 38.8 Å². The van der Waals surface area contributed by atoms with Crippen LogP contribution in [0.4, 0.5) is 8.78 Å². The van der Waals surface area contributed by atoms with Gasteiger partial charge < -0.3 is 19.5 Å². The van der Waals surface area contributed by atoms with E-state index in [1.165, 1.54) is 50.4 Å². The summed E-state index contributed by atoms with van der Waals surface area (Å²) in [5, 5.41) is 2.52. The van der Waals surface area contributed by atoms with Crippen molar-refractivity contribution in [3.8, 4) is 5.75 Å². The number of ether oxygens (including phenoxy) is 3. The van der Waals surface area contributed by atoms with Gasteiger partial charge in [0.15, 0.2) is 11.4 Å². The SMILES string of the molecule is CC(=O)OCOc1c(Br)ccnc1C(=O)N[C@@H](C)C(=O)O[C@@H](C)C(c1ccc(F)cc1)c1ccc(F)cc1. The first kappa shape index (κ1) is 28.7. The average molecular weight is 591 g/mol. The molecule has 8 nitrogen and oxygen atoms in total. The van der Waals surface area contributed by atoms with Gasteiger partial charge in [0.05, 0.1) is 4.47 Å². The minimum atomic E-state index is -1.09. The molecule has 2 atom stereocenters. The molecule has 0 saturated heterocycles. The van der Waals surface area contributed by atoms with Crippen LogP contribution in [0.15, 0.2) is 65.3 Å². The lowest BCUT2D eigenvalue weighted by molar-refractivity contribution is -0.151. The van der Waals surface area contributed by atoms with E-state index in [0.717, 1.165) is 0 Å². The van der Waals surface area contributed by atoms with Gasteiger partial charge >= 0.3 is 11.9 Å². The van der Waals surface area contributed by atoms with E-state index in [-0.39, 0.29) is 11.4 Å². The zero-order chi connectivity index (χ0) is 27.8. The highest BCUT2D eigenvalue weighted by atomic mass is 79.9. The highest BCUT2D eigenvalue weighted by molar-refractivity contribution is 9.10. The molecule has 0 fully saturated rings. The van der Waals surface area contributed by atoms with E-state index in [0.29, 0.717) is 15.6 Å². The molecule has 2 aromatic carbocycles. The molecule has 0 aliphatic heterocycles. The number of amides is 1. The number of hydrogen-bond donors (Lipinski definition) is 1. The highest BCUT2D eigenvalue weighted by Gasteiger charge is 2.28. The summed E-state index contributed by atoms with van der Waals surface area (Å²) < 4.78 is 43.2. The van der Waals surface area contributed by atoms with Crippen molar-refractivity contribution in [1.29, 1.82) is 0 Å². The van der Waals surface area contributed by atoms with Gasteiger partial charge in [-0.3, -0.25) is 9.59 Å². The molecule has 0 saturated carbocycles. The molecule has 1 heterocycles. The monoisotopic (exact) mass is 590 g/mol. The summed E-state index contributed by atoms with van der Waals surface area (Å²) in [5.74, 6) is -3.40. The van der Waals surface area contributed by atoms with Crippen molar-refractivity contribution < 1.29 is 37.4 Å². The number of nitrogens with one attached hydrogen (secondary N) is 1. The summed E-state index contributed by atoms with van der Waals surface area (Å²) in [5.41, 5.74) is 1.17. The van der Waals surface area contributed by atoms with Crippen LogP contribution in [0.2, 0.25) is 0 Å². The van der Waals surface area contributed by atoms with Gasteiger partial charge in [-0.1, -0.05) is 24.3 Å². The summed E-state index contributed by atoms with van der Waals surface area (Å²) in [7, 11) is 0. The van der Waals surface area contributed by atoms with E-state index >= 15 is 0 Å². The number of carbonyl (C=O) groups is 3. The average Bonchev–Trinajstić information content (AvgIpc) is 2.87. The molecular formula is C27H25BrF2N2O6. The molecule has 1 aromatic heterocycles. The second-order valence-electron chi connectivity index (χ2n) is 8.29. The van der Waals surface area contributed by atoms with Crippen molar-refractivity contribution in [3.05, 3.63) is 93.7 Å². The van der Waals surface area contributed by atoms with Crippen LogP contribution in [-0.4, -0.2) is 41.8 Å². The topological polar surface area (TPSA) is 104 Å². The Hall–Kier alpha value is -3.86. The van der Waals surface area contributed by atoms with E-state index in [1.807, 2.05) is 0 Å². The predicted octanol–water partition coefficient (Wildman–Crippen LogP) is 4.90. The number of carbonyl (C=O) groups excluding carboxylic acids is 3. The molecule has 0 aliphatic carbocycles. The minimum absolute atomic E-state index is 0.0212. The summed E-state index contributed by atoms with van der Waals surface area (Å²) in [6.07, 6.45) is 0.600. The second kappa shape index (κ2) is 13.1. The Kier molecular flexibility index (Phi) is 9.89. The predicted molar refractivity (Wildman–Crippen MR) is 136 cm³/mol. The number of halogens is 3. The maximum atomic E-state index is 13.5. The Morgan fingerprint density at radius 2 is 1.50 bits per heavy atom. The molecule has 3 aromatic rings. The Morgan fingerprint density at radius 3 is 2.03 bits per heavy atom. The normalized spacial score (nSPS) is 12.4. The number of hydrogen-bond acceptors (Lipinski definition) is 7. The third kappa shape index (κ3) is 7.58. The molecule has 3 rings (SSSR count). The maximum absolute atomic E-state index is 13.5. The van der Waals surface area contributed by atoms with Crippen LogP contribution in [0.5, 0.6) is 5.75 Å². The van der Waals surface area contributed by atoms with Gasteiger partial charge in [0.1, 0.15) is 23.8 Å². The van der Waals surface area contributed by atoms with Crippen molar-refractivity contribution in [1.82, 2.24) is 10.3 Å². The third-order valence-corrected chi connectivity index (χ3v) is 6.09. The lowest BCUT2D eigenvalue weighted by Gasteiger charge is -2.26. The van der Waals surface area contributed by atoms with Crippen molar-refractivity contribution >= 4 is 33.8 Å². The van der Waals surface area contributed by atoms with Gasteiger partial charge in [-0.15, -0.1) is 0 Å². The maximum Gasteiger partial charge on any atom is 0.328 e. The molecule has 1 amide bonds. The van der Waals surface area contributed by atoms with E-state index in [1.54, 1.807) is 31.2 Å². The first-order valence-corrected chi connectivity index (χ1v) is 12.3. The molecular weight excluding hydrogens is 566 g/mol. The van der Waals surface area contributed by atoms with E-state index in [2.05, 4.69) is 26.2 Å². The number of aromatic nitrogens is 1. The summed E-state index contributed by atoms with van der Waals surface area (Å²) >= 11 is 3.26. The largest absolute Gasteiger partial charge is 0.460 e. The standard InChI is InChI=1S/C27H25BrF2N2O6/c1-15(32-26(34)24-25(22(28)12-13-31-24)37-14-36-17(3)33)27(35)38-16(2)23(18-4-8-20(29)9-5-18)19-6-10-21(30)11-7-19/h4-13,15-16,23H,14H2,1-3H3,(H,32,34)/t15-,16-/m0/s1. The van der Waals surface area contributed by atoms with Gasteiger partial charge in [-0.25, -0.2) is 18.6 Å². The zero-order valence-electron chi connectivity index (χ0n) is 20.7. The van der Waals surface area contributed by atoms with Crippen LogP contribution in [0, 0.1) is 11.6 Å². The van der Waals surface area contributed by atoms with E-state index in [9.17, 15) is 23.2 Å². The molecule has 0 unspecified atom stereocenters. The lowest BCUT2D eigenvalue weighted by atomic mass is 9.87. The summed E-state index contributed by atoms with van der Waals surface area (Å²) in [6.45, 7) is 3.86. The molecule has 200 valence electrons. The highest BCUT2D eigenvalue weighted by Crippen LogP contribution is 2.31. The van der Waals surface area contributed by atoms with Crippen LogP contribution < -0.4 is 10.1 Å².